The molecule has 0 aliphatic carbocycles. The molecular formula is C6H14N2O3. The molecule has 5 nitrogen and oxygen atoms in total. The summed E-state index contributed by atoms with van der Waals surface area (Å²) in [5.74, 6) is -0.205. The van der Waals surface area contributed by atoms with Gasteiger partial charge in [-0.05, 0) is 0 Å². The highest BCUT2D eigenvalue weighted by atomic mass is 16.5. The van der Waals surface area contributed by atoms with Crippen LogP contribution in [-0.4, -0.2) is 39.5 Å². The lowest BCUT2D eigenvalue weighted by molar-refractivity contribution is -0.126. The molecule has 0 saturated heterocycles. The predicted molar refractivity (Wildman–Crippen MR) is 39.9 cm³/mol. The number of nitrogens with one attached hydrogen (secondary N) is 1. The maximum Gasteiger partial charge on any atom is 0.246 e. The molecule has 0 aromatic heterocycles. The fourth-order valence-corrected chi connectivity index (χ4v) is 0.472. The summed E-state index contributed by atoms with van der Waals surface area (Å²) in [5.41, 5.74) is 5.05. The second kappa shape index (κ2) is 7.46. The topological polar surface area (TPSA) is 73.6 Å². The minimum Gasteiger partial charge on any atom is -0.382 e. The van der Waals surface area contributed by atoms with Gasteiger partial charge in [0.1, 0.15) is 6.61 Å². The van der Waals surface area contributed by atoms with Crippen LogP contribution in [0.4, 0.5) is 0 Å². The van der Waals surface area contributed by atoms with E-state index in [1.165, 1.54) is 0 Å². The third-order valence-electron chi connectivity index (χ3n) is 0.964. The van der Waals surface area contributed by atoms with Crippen LogP contribution in [0.3, 0.4) is 0 Å². The van der Waals surface area contributed by atoms with Crippen LogP contribution < -0.4 is 11.1 Å². The first-order valence-electron chi connectivity index (χ1n) is 3.34. The molecule has 0 fully saturated rings. The summed E-state index contributed by atoms with van der Waals surface area (Å²) in [4.78, 5) is 10.6. The molecule has 66 valence electrons. The number of methoxy groups -OCH3 is 1. The first-order chi connectivity index (χ1) is 5.31. The van der Waals surface area contributed by atoms with Crippen LogP contribution >= 0.6 is 0 Å². The van der Waals surface area contributed by atoms with Crippen molar-refractivity contribution in [1.29, 1.82) is 0 Å². The molecule has 3 N–H and O–H groups in total. The highest BCUT2D eigenvalue weighted by Crippen LogP contribution is 1.75. The van der Waals surface area contributed by atoms with Crippen LogP contribution in [0.25, 0.3) is 0 Å². The molecule has 5 heteroatoms. The average molecular weight is 162 g/mol. The quantitative estimate of drug-likeness (QED) is 0.375. The van der Waals surface area contributed by atoms with Crippen molar-refractivity contribution in [2.45, 2.75) is 0 Å². The predicted octanol–water partition coefficient (Wildman–Crippen LogP) is -1.32. The van der Waals surface area contributed by atoms with E-state index in [9.17, 15) is 4.79 Å². The zero-order valence-electron chi connectivity index (χ0n) is 6.63. The molecule has 0 rings (SSSR count). The largest absolute Gasteiger partial charge is 0.382 e. The Morgan fingerprint density at radius 1 is 1.55 bits per heavy atom. The standard InChI is InChI=1S/C6H14N2O3/c1-10-2-3-11-4-6(9)8-5-7/h2-5,7H2,1H3,(H,8,9). The van der Waals surface area contributed by atoms with Gasteiger partial charge in [-0.15, -0.1) is 0 Å². The normalized spacial score (nSPS) is 9.64. The third-order valence-corrected chi connectivity index (χ3v) is 0.964. The van der Waals surface area contributed by atoms with E-state index in [1.807, 2.05) is 0 Å². The first kappa shape index (κ1) is 10.3. The number of ether oxygens (including phenoxy) is 2. The SMILES string of the molecule is COCCOCC(=O)NCN. The first-order valence-corrected chi connectivity index (χ1v) is 3.34. The molecule has 0 saturated carbocycles. The van der Waals surface area contributed by atoms with E-state index in [2.05, 4.69) is 5.32 Å². The van der Waals surface area contributed by atoms with Crippen molar-refractivity contribution in [2.75, 3.05) is 33.6 Å². The summed E-state index contributed by atoms with van der Waals surface area (Å²) in [6, 6.07) is 0. The smallest absolute Gasteiger partial charge is 0.246 e. The van der Waals surface area contributed by atoms with E-state index in [0.29, 0.717) is 13.2 Å². The minimum atomic E-state index is -0.205. The zero-order chi connectivity index (χ0) is 8.53. The van der Waals surface area contributed by atoms with E-state index < -0.39 is 0 Å². The van der Waals surface area contributed by atoms with E-state index in [0.717, 1.165) is 0 Å². The van der Waals surface area contributed by atoms with E-state index in [4.69, 9.17) is 15.2 Å². The lowest BCUT2D eigenvalue weighted by Gasteiger charge is -2.02. The van der Waals surface area contributed by atoms with Gasteiger partial charge in [0.15, 0.2) is 0 Å². The van der Waals surface area contributed by atoms with Crippen LogP contribution in [0.2, 0.25) is 0 Å². The van der Waals surface area contributed by atoms with Gasteiger partial charge in [-0.3, -0.25) is 4.79 Å². The Morgan fingerprint density at radius 2 is 2.27 bits per heavy atom. The van der Waals surface area contributed by atoms with Gasteiger partial charge < -0.3 is 20.5 Å². The lowest BCUT2D eigenvalue weighted by atomic mass is 10.6. The van der Waals surface area contributed by atoms with Gasteiger partial charge in [-0.1, -0.05) is 0 Å². The van der Waals surface area contributed by atoms with Crippen molar-refractivity contribution in [1.82, 2.24) is 5.32 Å². The molecule has 0 spiro atoms. The van der Waals surface area contributed by atoms with Gasteiger partial charge in [-0.25, -0.2) is 0 Å². The highest BCUT2D eigenvalue weighted by molar-refractivity contribution is 5.76. The van der Waals surface area contributed by atoms with Crippen LogP contribution in [-0.2, 0) is 14.3 Å². The molecule has 0 atom stereocenters. The average Bonchev–Trinajstić information content (AvgIpc) is 1.99. The van der Waals surface area contributed by atoms with Gasteiger partial charge >= 0.3 is 0 Å². The molecule has 0 unspecified atom stereocenters. The van der Waals surface area contributed by atoms with Gasteiger partial charge in [0, 0.05) is 7.11 Å². The molecule has 1 amide bonds. The van der Waals surface area contributed by atoms with Gasteiger partial charge in [-0.2, -0.15) is 0 Å². The molecular weight excluding hydrogens is 148 g/mol. The summed E-state index contributed by atoms with van der Waals surface area (Å²) < 4.78 is 9.60. The second-order valence-corrected chi connectivity index (χ2v) is 1.85. The van der Waals surface area contributed by atoms with Crippen molar-refractivity contribution in [3.05, 3.63) is 0 Å². The fourth-order valence-electron chi connectivity index (χ4n) is 0.472. The lowest BCUT2D eigenvalue weighted by Crippen LogP contribution is -2.32. The van der Waals surface area contributed by atoms with Gasteiger partial charge in [0.25, 0.3) is 0 Å². The van der Waals surface area contributed by atoms with Crippen molar-refractivity contribution in [3.8, 4) is 0 Å². The number of hydrogen-bond donors (Lipinski definition) is 2. The van der Waals surface area contributed by atoms with Crippen molar-refractivity contribution in [3.63, 3.8) is 0 Å². The third kappa shape index (κ3) is 7.24. The van der Waals surface area contributed by atoms with Crippen molar-refractivity contribution in [2.24, 2.45) is 5.73 Å². The number of rotatable bonds is 6. The summed E-state index contributed by atoms with van der Waals surface area (Å²) in [7, 11) is 1.57. The van der Waals surface area contributed by atoms with E-state index in [-0.39, 0.29) is 19.2 Å². The Bertz CT molecular complexity index is 108. The second-order valence-electron chi connectivity index (χ2n) is 1.85. The Morgan fingerprint density at radius 3 is 2.82 bits per heavy atom. The molecule has 11 heavy (non-hydrogen) atoms. The Kier molecular flexibility index (Phi) is 7.02. The summed E-state index contributed by atoms with van der Waals surface area (Å²) in [5, 5.41) is 2.40. The summed E-state index contributed by atoms with van der Waals surface area (Å²) in [6.45, 7) is 1.11. The zero-order valence-corrected chi connectivity index (χ0v) is 6.63. The Labute approximate surface area is 65.8 Å². The number of amides is 1. The number of hydrogen-bond acceptors (Lipinski definition) is 4. The molecule has 0 radical (unpaired) electrons. The highest BCUT2D eigenvalue weighted by Gasteiger charge is 1.97. The summed E-state index contributed by atoms with van der Waals surface area (Å²) >= 11 is 0. The fraction of sp³-hybridized carbons (Fsp3) is 0.833. The molecule has 0 aromatic rings. The monoisotopic (exact) mass is 162 g/mol. The number of carbonyl (C=O) groups excluding carboxylic acids is 1. The Balaban J connectivity index is 3.04. The molecule has 0 bridgehead atoms. The maximum absolute atomic E-state index is 10.6. The van der Waals surface area contributed by atoms with Gasteiger partial charge in [0.2, 0.25) is 5.91 Å². The van der Waals surface area contributed by atoms with E-state index >= 15 is 0 Å². The van der Waals surface area contributed by atoms with Crippen LogP contribution in [0.15, 0.2) is 0 Å². The van der Waals surface area contributed by atoms with Crippen LogP contribution in [0.5, 0.6) is 0 Å². The van der Waals surface area contributed by atoms with Crippen molar-refractivity contribution < 1.29 is 14.3 Å². The van der Waals surface area contributed by atoms with Gasteiger partial charge in [0.05, 0.1) is 19.9 Å². The van der Waals surface area contributed by atoms with Crippen LogP contribution in [0.1, 0.15) is 0 Å². The molecule has 0 aromatic carbocycles. The maximum atomic E-state index is 10.6. The van der Waals surface area contributed by atoms with E-state index in [1.54, 1.807) is 7.11 Å². The molecule has 0 aliphatic heterocycles. The molecule has 0 aliphatic rings. The van der Waals surface area contributed by atoms with Crippen LogP contribution in [0, 0.1) is 0 Å². The summed E-state index contributed by atoms with van der Waals surface area (Å²) in [6.07, 6.45) is 0. The number of nitrogens with two attached hydrogens (primary N) is 1. The Hall–Kier alpha value is -0.650. The molecule has 0 heterocycles. The van der Waals surface area contributed by atoms with Crippen molar-refractivity contribution >= 4 is 5.91 Å². The minimum absolute atomic E-state index is 0.0422. The number of carbonyl (C=O) groups is 1.